The zero-order valence-corrected chi connectivity index (χ0v) is 25.4. The van der Waals surface area contributed by atoms with Crippen LogP contribution in [0.15, 0.2) is 158 Å². The molecule has 2 aliphatic carbocycles. The molecule has 1 heterocycles. The average Bonchev–Trinajstić information content (AvgIpc) is 3.61. The number of nitrogens with zero attached hydrogens (tertiary/aromatic N) is 2. The van der Waals surface area contributed by atoms with Gasteiger partial charge in [0.2, 0.25) is 0 Å². The zero-order valence-electron chi connectivity index (χ0n) is 25.4. The number of fused-ring (bicyclic) bond motifs is 9. The molecule has 11 rings (SSSR count). The molecule has 0 aliphatic heterocycles. The first-order valence-corrected chi connectivity index (χ1v) is 16.3. The van der Waals surface area contributed by atoms with Crippen LogP contribution < -0.4 is 0 Å². The molecule has 0 saturated heterocycles. The largest absolute Gasteiger partial charge is 0.228 e. The molecule has 0 saturated carbocycles. The van der Waals surface area contributed by atoms with Crippen LogP contribution in [0.2, 0.25) is 0 Å². The van der Waals surface area contributed by atoms with Crippen LogP contribution in [0.25, 0.3) is 77.0 Å². The summed E-state index contributed by atoms with van der Waals surface area (Å²) in [6.45, 7) is 0. The van der Waals surface area contributed by atoms with Gasteiger partial charge in [0.15, 0.2) is 5.82 Å². The van der Waals surface area contributed by atoms with Crippen molar-refractivity contribution in [2.24, 2.45) is 0 Å². The van der Waals surface area contributed by atoms with E-state index >= 15 is 0 Å². The second-order valence-electron chi connectivity index (χ2n) is 12.9. The van der Waals surface area contributed by atoms with Crippen molar-refractivity contribution in [3.63, 3.8) is 0 Å². The highest BCUT2D eigenvalue weighted by molar-refractivity contribution is 6.17. The van der Waals surface area contributed by atoms with Gasteiger partial charge in [0, 0.05) is 16.5 Å². The molecular weight excluding hydrogens is 569 g/mol. The summed E-state index contributed by atoms with van der Waals surface area (Å²) in [5, 5.41) is 8.81. The predicted octanol–water partition coefficient (Wildman–Crippen LogP) is 11.1. The van der Waals surface area contributed by atoms with Crippen LogP contribution in [0.5, 0.6) is 0 Å². The summed E-state index contributed by atoms with van der Waals surface area (Å²) in [5.74, 6) is 0.743. The summed E-state index contributed by atoms with van der Waals surface area (Å²) < 4.78 is 0. The number of para-hydroxylation sites is 1. The van der Waals surface area contributed by atoms with E-state index in [0.29, 0.717) is 0 Å². The molecule has 0 bridgehead atoms. The van der Waals surface area contributed by atoms with E-state index in [4.69, 9.17) is 9.97 Å². The second kappa shape index (κ2) is 8.99. The van der Waals surface area contributed by atoms with Crippen LogP contribution in [0.1, 0.15) is 22.3 Å². The lowest BCUT2D eigenvalue weighted by molar-refractivity contribution is 0.797. The SMILES string of the molecule is c1ccc2c(c1)-c1ccc(-c3nc(-c4ccc5ccccc5c4)c4ccccc4n3)cc1C21c2cccc3ccc4cccc1c4c23. The van der Waals surface area contributed by atoms with Gasteiger partial charge in [-0.1, -0.05) is 140 Å². The molecule has 0 N–H and O–H groups in total. The van der Waals surface area contributed by atoms with E-state index in [-0.39, 0.29) is 0 Å². The van der Waals surface area contributed by atoms with Crippen LogP contribution in [-0.4, -0.2) is 9.97 Å². The Hall–Kier alpha value is -6.12. The van der Waals surface area contributed by atoms with Crippen LogP contribution in [0, 0.1) is 0 Å². The molecule has 0 unspecified atom stereocenters. The van der Waals surface area contributed by atoms with Crippen molar-refractivity contribution in [1.82, 2.24) is 9.97 Å². The molecule has 0 fully saturated rings. The molecule has 9 aromatic rings. The highest BCUT2D eigenvalue weighted by Gasteiger charge is 2.50. The van der Waals surface area contributed by atoms with Gasteiger partial charge in [0.1, 0.15) is 0 Å². The van der Waals surface area contributed by atoms with E-state index < -0.39 is 5.41 Å². The summed E-state index contributed by atoms with van der Waals surface area (Å²) in [6, 6.07) is 57.6. The molecule has 2 heteroatoms. The molecule has 0 radical (unpaired) electrons. The highest BCUT2D eigenvalue weighted by Crippen LogP contribution is 2.62. The van der Waals surface area contributed by atoms with Gasteiger partial charge in [-0.3, -0.25) is 0 Å². The lowest BCUT2D eigenvalue weighted by Gasteiger charge is -2.31. The van der Waals surface area contributed by atoms with E-state index in [0.717, 1.165) is 33.5 Å². The first-order chi connectivity index (χ1) is 23.3. The predicted molar refractivity (Wildman–Crippen MR) is 194 cm³/mol. The average molecular weight is 595 g/mol. The topological polar surface area (TPSA) is 25.8 Å². The first-order valence-electron chi connectivity index (χ1n) is 16.3. The van der Waals surface area contributed by atoms with Gasteiger partial charge in [-0.15, -0.1) is 0 Å². The number of rotatable bonds is 2. The smallest absolute Gasteiger partial charge is 0.160 e. The Morgan fingerprint density at radius 2 is 1.00 bits per heavy atom. The van der Waals surface area contributed by atoms with Gasteiger partial charge in [-0.2, -0.15) is 0 Å². The fraction of sp³-hybridized carbons (Fsp3) is 0.0222. The Balaban J connectivity index is 1.20. The van der Waals surface area contributed by atoms with Crippen molar-refractivity contribution < 1.29 is 0 Å². The molecule has 8 aromatic carbocycles. The standard InChI is InChI=1S/C45H26N2/c1-2-10-30-25-31(22-19-27(30)9-1)43-35-14-4-6-18-40(35)46-44(47-43)32-23-24-34-33-13-3-5-15-36(33)45(39(34)26-32)37-16-7-11-28-20-21-29-12-8-17-38(45)42(29)41(28)37/h1-26H. The molecule has 216 valence electrons. The third kappa shape index (κ3) is 3.19. The summed E-state index contributed by atoms with van der Waals surface area (Å²) >= 11 is 0. The van der Waals surface area contributed by atoms with Crippen LogP contribution in [-0.2, 0) is 5.41 Å². The first kappa shape index (κ1) is 25.1. The molecule has 2 nitrogen and oxygen atoms in total. The van der Waals surface area contributed by atoms with Crippen LogP contribution in [0.3, 0.4) is 0 Å². The normalized spacial score (nSPS) is 13.7. The van der Waals surface area contributed by atoms with Crippen molar-refractivity contribution in [2.75, 3.05) is 0 Å². The Kier molecular flexibility index (Phi) is 4.80. The van der Waals surface area contributed by atoms with Crippen molar-refractivity contribution in [3.05, 3.63) is 180 Å². The minimum Gasteiger partial charge on any atom is -0.228 e. The van der Waals surface area contributed by atoms with E-state index in [1.165, 1.54) is 65.7 Å². The summed E-state index contributed by atoms with van der Waals surface area (Å²) in [6.07, 6.45) is 0. The van der Waals surface area contributed by atoms with Gasteiger partial charge in [-0.05, 0) is 83.9 Å². The van der Waals surface area contributed by atoms with Gasteiger partial charge >= 0.3 is 0 Å². The fourth-order valence-electron chi connectivity index (χ4n) is 8.69. The third-order valence-corrected chi connectivity index (χ3v) is 10.6. The maximum atomic E-state index is 5.34. The van der Waals surface area contributed by atoms with Crippen molar-refractivity contribution >= 4 is 43.2 Å². The van der Waals surface area contributed by atoms with Crippen molar-refractivity contribution in [3.8, 4) is 33.8 Å². The summed E-state index contributed by atoms with van der Waals surface area (Å²) in [7, 11) is 0. The zero-order chi connectivity index (χ0) is 30.7. The second-order valence-corrected chi connectivity index (χ2v) is 12.9. The maximum Gasteiger partial charge on any atom is 0.160 e. The summed E-state index contributed by atoms with van der Waals surface area (Å²) in [5.41, 5.74) is 11.6. The van der Waals surface area contributed by atoms with Crippen molar-refractivity contribution in [1.29, 1.82) is 0 Å². The van der Waals surface area contributed by atoms with E-state index in [9.17, 15) is 0 Å². The molecular formula is C45H26N2. The molecule has 0 atom stereocenters. The minimum atomic E-state index is -0.414. The van der Waals surface area contributed by atoms with Gasteiger partial charge in [0.25, 0.3) is 0 Å². The molecule has 1 spiro atoms. The fourth-order valence-corrected chi connectivity index (χ4v) is 8.69. The lowest BCUT2D eigenvalue weighted by atomic mass is 9.70. The Labute approximate surface area is 271 Å². The minimum absolute atomic E-state index is 0.414. The summed E-state index contributed by atoms with van der Waals surface area (Å²) in [4.78, 5) is 10.5. The Morgan fingerprint density at radius 3 is 1.83 bits per heavy atom. The monoisotopic (exact) mass is 594 g/mol. The number of hydrogen-bond acceptors (Lipinski definition) is 2. The molecule has 2 aliphatic rings. The van der Waals surface area contributed by atoms with Gasteiger partial charge in [-0.25, -0.2) is 9.97 Å². The maximum absolute atomic E-state index is 5.34. The Bertz CT molecular complexity index is 2750. The Morgan fingerprint density at radius 1 is 0.383 bits per heavy atom. The molecule has 1 aromatic heterocycles. The van der Waals surface area contributed by atoms with Crippen LogP contribution >= 0.6 is 0 Å². The van der Waals surface area contributed by atoms with E-state index in [1.54, 1.807) is 0 Å². The third-order valence-electron chi connectivity index (χ3n) is 10.6. The molecule has 0 amide bonds. The van der Waals surface area contributed by atoms with Gasteiger partial charge in [0.05, 0.1) is 16.6 Å². The molecule has 47 heavy (non-hydrogen) atoms. The number of hydrogen-bond donors (Lipinski definition) is 0. The van der Waals surface area contributed by atoms with Crippen molar-refractivity contribution in [2.45, 2.75) is 5.41 Å². The van der Waals surface area contributed by atoms with Gasteiger partial charge < -0.3 is 0 Å². The number of aromatic nitrogens is 2. The number of benzene rings is 8. The van der Waals surface area contributed by atoms with E-state index in [1.807, 2.05) is 0 Å². The van der Waals surface area contributed by atoms with E-state index in [2.05, 4.69) is 158 Å². The highest BCUT2D eigenvalue weighted by atomic mass is 14.9. The van der Waals surface area contributed by atoms with Crippen LogP contribution in [0.4, 0.5) is 0 Å². The lowest BCUT2D eigenvalue weighted by Crippen LogP contribution is -2.26. The quantitative estimate of drug-likeness (QED) is 0.186.